The van der Waals surface area contributed by atoms with Gasteiger partial charge in [0.2, 0.25) is 0 Å². The second-order valence-electron chi connectivity index (χ2n) is 4.73. The zero-order valence-corrected chi connectivity index (χ0v) is 12.6. The molecule has 1 unspecified atom stereocenters. The number of rotatable bonds is 3. The standard InChI is InChI=1S/C14H13Cl2N3O/c1-8-5-11(18-20-8)7-19-13-6-10(16)3-4-12(13)17-14(19)9(2)15/h3-6,9H,7H2,1-2H3. The first-order valence-electron chi connectivity index (χ1n) is 6.26. The minimum absolute atomic E-state index is 0.200. The van der Waals surface area contributed by atoms with E-state index in [-0.39, 0.29) is 5.38 Å². The van der Waals surface area contributed by atoms with E-state index < -0.39 is 0 Å². The van der Waals surface area contributed by atoms with Crippen molar-refractivity contribution in [3.63, 3.8) is 0 Å². The third-order valence-corrected chi connectivity index (χ3v) is 3.52. The second-order valence-corrected chi connectivity index (χ2v) is 5.83. The van der Waals surface area contributed by atoms with Crippen LogP contribution in [0, 0.1) is 6.92 Å². The Kier molecular flexibility index (Phi) is 3.44. The number of imidazole rings is 1. The Morgan fingerprint density at radius 3 is 2.80 bits per heavy atom. The Hall–Kier alpha value is -1.52. The number of aryl methyl sites for hydroxylation is 1. The molecule has 0 spiro atoms. The van der Waals surface area contributed by atoms with E-state index in [0.29, 0.717) is 11.6 Å². The molecule has 0 saturated carbocycles. The molecule has 20 heavy (non-hydrogen) atoms. The summed E-state index contributed by atoms with van der Waals surface area (Å²) in [5, 5.41) is 4.49. The fourth-order valence-corrected chi connectivity index (χ4v) is 2.57. The minimum atomic E-state index is -0.200. The van der Waals surface area contributed by atoms with E-state index in [0.717, 1.165) is 28.3 Å². The molecule has 2 aromatic heterocycles. The van der Waals surface area contributed by atoms with Crippen molar-refractivity contribution in [2.24, 2.45) is 0 Å². The van der Waals surface area contributed by atoms with E-state index in [2.05, 4.69) is 10.1 Å². The Bertz CT molecular complexity index is 761. The van der Waals surface area contributed by atoms with Gasteiger partial charge in [-0.25, -0.2) is 4.98 Å². The largest absolute Gasteiger partial charge is 0.361 e. The SMILES string of the molecule is Cc1cc(Cn2c(C(C)Cl)nc3ccc(Cl)cc32)no1. The molecule has 3 aromatic rings. The van der Waals surface area contributed by atoms with Crippen molar-refractivity contribution < 1.29 is 4.52 Å². The third kappa shape index (κ3) is 2.41. The molecule has 0 bridgehead atoms. The van der Waals surface area contributed by atoms with Crippen LogP contribution >= 0.6 is 23.2 Å². The lowest BCUT2D eigenvalue weighted by molar-refractivity contribution is 0.389. The topological polar surface area (TPSA) is 43.9 Å². The van der Waals surface area contributed by atoms with E-state index in [1.165, 1.54) is 0 Å². The summed E-state index contributed by atoms with van der Waals surface area (Å²) < 4.78 is 7.13. The molecule has 1 atom stereocenters. The van der Waals surface area contributed by atoms with Crippen LogP contribution < -0.4 is 0 Å². The fourth-order valence-electron chi connectivity index (χ4n) is 2.24. The van der Waals surface area contributed by atoms with Crippen LogP contribution in [-0.4, -0.2) is 14.7 Å². The summed E-state index contributed by atoms with van der Waals surface area (Å²) in [5.41, 5.74) is 2.65. The van der Waals surface area contributed by atoms with Gasteiger partial charge in [-0.2, -0.15) is 0 Å². The molecule has 0 saturated heterocycles. The van der Waals surface area contributed by atoms with Crippen LogP contribution in [0.25, 0.3) is 11.0 Å². The predicted octanol–water partition coefficient (Wildman–Crippen LogP) is 4.33. The highest BCUT2D eigenvalue weighted by Gasteiger charge is 2.16. The summed E-state index contributed by atoms with van der Waals surface area (Å²) in [5.74, 6) is 1.58. The number of alkyl halides is 1. The molecule has 104 valence electrons. The maximum absolute atomic E-state index is 6.23. The molecule has 0 aliphatic heterocycles. The number of halogens is 2. The first-order chi connectivity index (χ1) is 9.54. The fraction of sp³-hybridized carbons (Fsp3) is 0.286. The van der Waals surface area contributed by atoms with Gasteiger partial charge in [-0.1, -0.05) is 16.8 Å². The highest BCUT2D eigenvalue weighted by atomic mass is 35.5. The van der Waals surface area contributed by atoms with Gasteiger partial charge >= 0.3 is 0 Å². The number of nitrogens with zero attached hydrogens (tertiary/aromatic N) is 3. The lowest BCUT2D eigenvalue weighted by Gasteiger charge is -2.08. The van der Waals surface area contributed by atoms with Crippen molar-refractivity contribution >= 4 is 34.2 Å². The van der Waals surface area contributed by atoms with Crippen LogP contribution in [-0.2, 0) is 6.54 Å². The summed E-state index contributed by atoms with van der Waals surface area (Å²) in [6, 6.07) is 7.51. The highest BCUT2D eigenvalue weighted by molar-refractivity contribution is 6.31. The van der Waals surface area contributed by atoms with Gasteiger partial charge < -0.3 is 9.09 Å². The Morgan fingerprint density at radius 1 is 1.35 bits per heavy atom. The van der Waals surface area contributed by atoms with Crippen LogP contribution in [0.1, 0.15) is 29.6 Å². The average molecular weight is 310 g/mol. The first kappa shape index (κ1) is 13.5. The van der Waals surface area contributed by atoms with Crippen molar-refractivity contribution in [2.75, 3.05) is 0 Å². The highest BCUT2D eigenvalue weighted by Crippen LogP contribution is 2.27. The van der Waals surface area contributed by atoms with Crippen molar-refractivity contribution in [3.05, 3.63) is 46.6 Å². The molecule has 3 rings (SSSR count). The molecule has 1 aromatic carbocycles. The molecule has 2 heterocycles. The van der Waals surface area contributed by atoms with Crippen molar-refractivity contribution in [2.45, 2.75) is 25.8 Å². The van der Waals surface area contributed by atoms with Crippen LogP contribution in [0.3, 0.4) is 0 Å². The van der Waals surface area contributed by atoms with Crippen LogP contribution in [0.2, 0.25) is 5.02 Å². The predicted molar refractivity (Wildman–Crippen MR) is 79.4 cm³/mol. The van der Waals surface area contributed by atoms with Gasteiger partial charge in [0.15, 0.2) is 0 Å². The van der Waals surface area contributed by atoms with E-state index in [1.807, 2.05) is 42.7 Å². The minimum Gasteiger partial charge on any atom is -0.361 e. The van der Waals surface area contributed by atoms with Crippen molar-refractivity contribution in [3.8, 4) is 0 Å². The number of fused-ring (bicyclic) bond motifs is 1. The van der Waals surface area contributed by atoms with Gasteiger partial charge in [0.05, 0.1) is 23.0 Å². The van der Waals surface area contributed by atoms with Gasteiger partial charge in [0, 0.05) is 11.1 Å². The van der Waals surface area contributed by atoms with E-state index in [4.69, 9.17) is 27.7 Å². The molecular weight excluding hydrogens is 297 g/mol. The Labute approximate surface area is 126 Å². The molecule has 0 fully saturated rings. The number of benzene rings is 1. The summed E-state index contributed by atoms with van der Waals surface area (Å²) in [4.78, 5) is 4.57. The Morgan fingerprint density at radius 2 is 2.15 bits per heavy atom. The van der Waals surface area contributed by atoms with E-state index >= 15 is 0 Å². The smallest absolute Gasteiger partial charge is 0.133 e. The lowest BCUT2D eigenvalue weighted by Crippen LogP contribution is -2.06. The van der Waals surface area contributed by atoms with Crippen molar-refractivity contribution in [1.29, 1.82) is 0 Å². The zero-order chi connectivity index (χ0) is 14.3. The van der Waals surface area contributed by atoms with E-state index in [9.17, 15) is 0 Å². The number of hydrogen-bond acceptors (Lipinski definition) is 3. The maximum atomic E-state index is 6.23. The second kappa shape index (κ2) is 5.11. The van der Waals surface area contributed by atoms with Crippen LogP contribution in [0.15, 0.2) is 28.8 Å². The average Bonchev–Trinajstić information content (AvgIpc) is 2.95. The molecule has 0 N–H and O–H groups in total. The van der Waals surface area contributed by atoms with Gasteiger partial charge in [-0.05, 0) is 32.0 Å². The zero-order valence-electron chi connectivity index (χ0n) is 11.1. The molecule has 4 nitrogen and oxygen atoms in total. The monoisotopic (exact) mass is 309 g/mol. The molecule has 0 amide bonds. The summed E-state index contributed by atoms with van der Waals surface area (Å²) in [7, 11) is 0. The summed E-state index contributed by atoms with van der Waals surface area (Å²) >= 11 is 12.3. The van der Waals surface area contributed by atoms with Crippen LogP contribution in [0.5, 0.6) is 0 Å². The number of hydrogen-bond donors (Lipinski definition) is 0. The maximum Gasteiger partial charge on any atom is 0.133 e. The lowest BCUT2D eigenvalue weighted by atomic mass is 10.3. The van der Waals surface area contributed by atoms with Gasteiger partial charge in [-0.3, -0.25) is 0 Å². The molecule has 6 heteroatoms. The van der Waals surface area contributed by atoms with Crippen LogP contribution in [0.4, 0.5) is 0 Å². The number of aromatic nitrogens is 3. The van der Waals surface area contributed by atoms with Gasteiger partial charge in [0.1, 0.15) is 17.3 Å². The first-order valence-corrected chi connectivity index (χ1v) is 7.08. The third-order valence-electron chi connectivity index (χ3n) is 3.09. The normalized spacial score (nSPS) is 13.0. The van der Waals surface area contributed by atoms with Gasteiger partial charge in [-0.15, -0.1) is 11.6 Å². The van der Waals surface area contributed by atoms with Gasteiger partial charge in [0.25, 0.3) is 0 Å². The van der Waals surface area contributed by atoms with Crippen molar-refractivity contribution in [1.82, 2.24) is 14.7 Å². The molecule has 0 radical (unpaired) electrons. The van der Waals surface area contributed by atoms with E-state index in [1.54, 1.807) is 0 Å². The summed E-state index contributed by atoms with van der Waals surface area (Å²) in [6.45, 7) is 4.32. The molecular formula is C14H13Cl2N3O. The Balaban J connectivity index is 2.15. The summed E-state index contributed by atoms with van der Waals surface area (Å²) in [6.07, 6.45) is 0. The molecule has 0 aliphatic rings. The molecule has 0 aliphatic carbocycles. The quantitative estimate of drug-likeness (QED) is 0.676.